The predicted molar refractivity (Wildman–Crippen MR) is 123 cm³/mol. The first-order valence-electron chi connectivity index (χ1n) is 11.8. The van der Waals surface area contributed by atoms with E-state index < -0.39 is 6.04 Å². The van der Waals surface area contributed by atoms with Crippen LogP contribution in [0.5, 0.6) is 0 Å². The van der Waals surface area contributed by atoms with Crippen molar-refractivity contribution in [2.24, 2.45) is 0 Å². The normalized spacial score (nSPS) is 21.8. The number of pyridine rings is 1. The van der Waals surface area contributed by atoms with E-state index in [0.717, 1.165) is 49.4 Å². The number of fused-ring (bicyclic) bond motifs is 2. The molecule has 1 atom stereocenters. The number of carbonyl (C=O) groups is 3. The van der Waals surface area contributed by atoms with E-state index in [9.17, 15) is 14.4 Å². The van der Waals surface area contributed by atoms with E-state index in [1.54, 1.807) is 11.2 Å². The summed E-state index contributed by atoms with van der Waals surface area (Å²) >= 11 is 0. The molecule has 1 N–H and O–H groups in total. The Kier molecular flexibility index (Phi) is 5.13. The van der Waals surface area contributed by atoms with Crippen LogP contribution in [0.4, 0.5) is 0 Å². The maximum atomic E-state index is 12.9. The van der Waals surface area contributed by atoms with Gasteiger partial charge >= 0.3 is 0 Å². The molecule has 0 spiro atoms. The van der Waals surface area contributed by atoms with Crippen LogP contribution in [0.2, 0.25) is 0 Å². The predicted octanol–water partition coefficient (Wildman–Crippen LogP) is 1.87. The lowest BCUT2D eigenvalue weighted by Gasteiger charge is -2.32. The van der Waals surface area contributed by atoms with E-state index in [1.807, 2.05) is 22.7 Å². The average Bonchev–Trinajstić information content (AvgIpc) is 3.45. The molecule has 9 nitrogen and oxygen atoms in total. The topological polar surface area (TPSA) is 99.9 Å². The number of nitrogens with one attached hydrogen (secondary N) is 1. The highest BCUT2D eigenvalue weighted by molar-refractivity contribution is 6.05. The molecular weight excluding hydrogens is 432 g/mol. The standard InChI is InChI=1S/C25H26N6O3/c32-23-7-6-21(24(33)28-23)30-13-18-12-17(4-5-20(18)25(30)34)16-8-10-29(11-9-16)14-19-2-1-3-22-26-15-27-31(19)22/h1-5,12,15-16,21H,6-11,13-14H2,(H,28,32,33). The highest BCUT2D eigenvalue weighted by Gasteiger charge is 2.39. The summed E-state index contributed by atoms with van der Waals surface area (Å²) in [6, 6.07) is 11.6. The summed E-state index contributed by atoms with van der Waals surface area (Å²) in [6.45, 7) is 3.25. The van der Waals surface area contributed by atoms with Gasteiger partial charge in [-0.2, -0.15) is 5.10 Å². The van der Waals surface area contributed by atoms with Crippen LogP contribution < -0.4 is 5.32 Å². The molecular formula is C25H26N6O3. The molecule has 2 aromatic heterocycles. The number of carbonyl (C=O) groups excluding carboxylic acids is 3. The number of hydrogen-bond donors (Lipinski definition) is 1. The third kappa shape index (κ3) is 3.66. The number of nitrogens with zero attached hydrogens (tertiary/aromatic N) is 5. The van der Waals surface area contributed by atoms with Gasteiger partial charge in [0, 0.05) is 25.1 Å². The van der Waals surface area contributed by atoms with Crippen LogP contribution in [0.25, 0.3) is 5.65 Å². The minimum atomic E-state index is -0.571. The lowest BCUT2D eigenvalue weighted by molar-refractivity contribution is -0.136. The molecule has 3 aliphatic rings. The summed E-state index contributed by atoms with van der Waals surface area (Å²) in [5.41, 5.74) is 4.92. The zero-order valence-electron chi connectivity index (χ0n) is 18.8. The minimum Gasteiger partial charge on any atom is -0.322 e. The van der Waals surface area contributed by atoms with Crippen molar-refractivity contribution in [1.82, 2.24) is 29.7 Å². The van der Waals surface area contributed by atoms with Gasteiger partial charge in [0.25, 0.3) is 5.91 Å². The Morgan fingerprint density at radius 2 is 1.88 bits per heavy atom. The van der Waals surface area contributed by atoms with Crippen LogP contribution in [-0.2, 0) is 22.7 Å². The summed E-state index contributed by atoms with van der Waals surface area (Å²) < 4.78 is 1.90. The number of imide groups is 1. The second kappa shape index (κ2) is 8.32. The quantitative estimate of drug-likeness (QED) is 0.599. The van der Waals surface area contributed by atoms with Crippen molar-refractivity contribution in [2.45, 2.75) is 50.7 Å². The monoisotopic (exact) mass is 458 g/mol. The van der Waals surface area contributed by atoms with E-state index in [4.69, 9.17) is 0 Å². The Balaban J connectivity index is 1.11. The Labute approximate surface area is 196 Å². The van der Waals surface area contributed by atoms with Crippen LogP contribution in [0, 0.1) is 0 Å². The maximum absolute atomic E-state index is 12.9. The molecule has 6 rings (SSSR count). The van der Waals surface area contributed by atoms with Crippen molar-refractivity contribution in [2.75, 3.05) is 13.1 Å². The molecule has 1 aromatic carbocycles. The van der Waals surface area contributed by atoms with Gasteiger partial charge in [-0.1, -0.05) is 18.2 Å². The summed E-state index contributed by atoms with van der Waals surface area (Å²) in [6.07, 6.45) is 4.35. The summed E-state index contributed by atoms with van der Waals surface area (Å²) in [5.74, 6) is -0.305. The minimum absolute atomic E-state index is 0.117. The largest absolute Gasteiger partial charge is 0.322 e. The zero-order valence-corrected chi connectivity index (χ0v) is 18.8. The maximum Gasteiger partial charge on any atom is 0.255 e. The number of aromatic nitrogens is 3. The first-order valence-corrected chi connectivity index (χ1v) is 11.8. The number of piperidine rings is 2. The molecule has 9 heteroatoms. The first-order chi connectivity index (χ1) is 16.6. The molecule has 0 bridgehead atoms. The fraction of sp³-hybridized carbons (Fsp3) is 0.400. The van der Waals surface area contributed by atoms with Gasteiger partial charge in [0.05, 0.1) is 5.69 Å². The molecule has 5 heterocycles. The molecule has 1 unspecified atom stereocenters. The van der Waals surface area contributed by atoms with Crippen LogP contribution in [0.15, 0.2) is 42.7 Å². The Morgan fingerprint density at radius 1 is 1.03 bits per heavy atom. The molecule has 34 heavy (non-hydrogen) atoms. The summed E-state index contributed by atoms with van der Waals surface area (Å²) in [7, 11) is 0. The average molecular weight is 459 g/mol. The highest BCUT2D eigenvalue weighted by Crippen LogP contribution is 2.34. The Morgan fingerprint density at radius 3 is 2.71 bits per heavy atom. The van der Waals surface area contributed by atoms with Gasteiger partial charge in [0.15, 0.2) is 5.65 Å². The number of likely N-dealkylation sites (tertiary alicyclic amines) is 1. The van der Waals surface area contributed by atoms with Crippen molar-refractivity contribution in [3.8, 4) is 0 Å². The summed E-state index contributed by atoms with van der Waals surface area (Å²) in [4.78, 5) is 45.0. The third-order valence-electron chi connectivity index (χ3n) is 7.37. The molecule has 0 aliphatic carbocycles. The van der Waals surface area contributed by atoms with Gasteiger partial charge < -0.3 is 4.90 Å². The molecule has 3 aromatic rings. The SMILES string of the molecule is O=C1CCC(N2Cc3cc(C4CCN(Cc5cccc6ncnn56)CC4)ccc3C2=O)C(=O)N1. The molecule has 0 saturated carbocycles. The first kappa shape index (κ1) is 21.0. The third-order valence-corrected chi connectivity index (χ3v) is 7.37. The van der Waals surface area contributed by atoms with Crippen molar-refractivity contribution < 1.29 is 14.4 Å². The van der Waals surface area contributed by atoms with Crippen LogP contribution in [0.1, 0.15) is 58.8 Å². The molecule has 174 valence electrons. The van der Waals surface area contributed by atoms with Gasteiger partial charge in [-0.25, -0.2) is 9.50 Å². The van der Waals surface area contributed by atoms with Crippen LogP contribution >= 0.6 is 0 Å². The molecule has 0 radical (unpaired) electrons. The van der Waals surface area contributed by atoms with Crippen molar-refractivity contribution in [3.05, 3.63) is 65.1 Å². The van der Waals surface area contributed by atoms with Gasteiger partial charge in [0.1, 0.15) is 12.4 Å². The highest BCUT2D eigenvalue weighted by atomic mass is 16.2. The molecule has 2 saturated heterocycles. The zero-order chi connectivity index (χ0) is 23.2. The van der Waals surface area contributed by atoms with E-state index in [2.05, 4.69) is 38.5 Å². The fourth-order valence-electron chi connectivity index (χ4n) is 5.52. The van der Waals surface area contributed by atoms with Gasteiger partial charge in [-0.15, -0.1) is 0 Å². The lowest BCUT2D eigenvalue weighted by atomic mass is 9.88. The van der Waals surface area contributed by atoms with Crippen molar-refractivity contribution >= 4 is 23.4 Å². The van der Waals surface area contributed by atoms with Crippen molar-refractivity contribution in [3.63, 3.8) is 0 Å². The van der Waals surface area contributed by atoms with E-state index >= 15 is 0 Å². The number of rotatable bonds is 4. The second-order valence-corrected chi connectivity index (χ2v) is 9.41. The van der Waals surface area contributed by atoms with Crippen molar-refractivity contribution in [1.29, 1.82) is 0 Å². The number of benzene rings is 1. The number of hydrogen-bond acceptors (Lipinski definition) is 6. The summed E-state index contributed by atoms with van der Waals surface area (Å²) in [5, 5.41) is 6.70. The number of amides is 3. The van der Waals surface area contributed by atoms with E-state index in [1.165, 1.54) is 5.56 Å². The van der Waals surface area contributed by atoms with Gasteiger partial charge in [-0.3, -0.25) is 24.6 Å². The Hall–Kier alpha value is -3.59. The molecule has 3 aliphatic heterocycles. The van der Waals surface area contributed by atoms with Crippen LogP contribution in [0.3, 0.4) is 0 Å². The van der Waals surface area contributed by atoms with Crippen LogP contribution in [-0.4, -0.2) is 61.3 Å². The molecule has 3 amide bonds. The second-order valence-electron chi connectivity index (χ2n) is 9.41. The smallest absolute Gasteiger partial charge is 0.255 e. The Bertz CT molecular complexity index is 1290. The lowest BCUT2D eigenvalue weighted by Crippen LogP contribution is -2.52. The van der Waals surface area contributed by atoms with E-state index in [0.29, 0.717) is 24.4 Å². The van der Waals surface area contributed by atoms with Gasteiger partial charge in [0.2, 0.25) is 11.8 Å². The molecule has 2 fully saturated rings. The van der Waals surface area contributed by atoms with E-state index in [-0.39, 0.29) is 24.1 Å². The van der Waals surface area contributed by atoms with Gasteiger partial charge in [-0.05, 0) is 67.6 Å². The fourth-order valence-corrected chi connectivity index (χ4v) is 5.52.